The molecule has 16 heavy (non-hydrogen) atoms. The lowest BCUT2D eigenvalue weighted by atomic mass is 10.4. The molecule has 0 saturated heterocycles. The van der Waals surface area contributed by atoms with E-state index < -0.39 is 0 Å². The van der Waals surface area contributed by atoms with Crippen LogP contribution in [0.25, 0.3) is 0 Å². The van der Waals surface area contributed by atoms with E-state index in [1.54, 1.807) is 20.2 Å². The van der Waals surface area contributed by atoms with Crippen molar-refractivity contribution in [1.29, 1.82) is 0 Å². The summed E-state index contributed by atoms with van der Waals surface area (Å²) >= 11 is 0. The zero-order valence-electron chi connectivity index (χ0n) is 9.10. The molecule has 0 bridgehead atoms. The van der Waals surface area contributed by atoms with Gasteiger partial charge in [-0.05, 0) is 12.1 Å². The first-order valence-corrected chi connectivity index (χ1v) is 4.81. The highest BCUT2D eigenvalue weighted by Crippen LogP contribution is 2.20. The minimum absolute atomic E-state index is 0.449. The summed E-state index contributed by atoms with van der Waals surface area (Å²) in [5.41, 5.74) is 0. The number of pyridine rings is 1. The topological polar surface area (TPSA) is 73.1 Å². The highest BCUT2D eigenvalue weighted by Gasteiger charge is 2.05. The monoisotopic (exact) mass is 220 g/mol. The van der Waals surface area contributed by atoms with Crippen LogP contribution in [0.1, 0.15) is 11.7 Å². The number of nitrogens with one attached hydrogen (secondary N) is 1. The lowest BCUT2D eigenvalue weighted by Gasteiger charge is -2.07. The predicted octanol–water partition coefficient (Wildman–Crippen LogP) is 1.39. The summed E-state index contributed by atoms with van der Waals surface area (Å²) in [5.74, 6) is 2.48. The maximum absolute atomic E-state index is 5.15. The molecule has 2 heterocycles. The number of ether oxygens (including phenoxy) is 1. The molecule has 0 unspecified atom stereocenters. The molecule has 0 atom stereocenters. The van der Waals surface area contributed by atoms with Crippen LogP contribution in [0.2, 0.25) is 0 Å². The number of rotatable bonds is 4. The van der Waals surface area contributed by atoms with Gasteiger partial charge in [0.2, 0.25) is 5.89 Å². The lowest BCUT2D eigenvalue weighted by Crippen LogP contribution is -2.04. The molecule has 0 aliphatic carbocycles. The fourth-order valence-corrected chi connectivity index (χ4v) is 1.26. The normalized spacial score (nSPS) is 10.1. The predicted molar refractivity (Wildman–Crippen MR) is 57.2 cm³/mol. The van der Waals surface area contributed by atoms with E-state index in [1.165, 1.54) is 0 Å². The molecule has 84 valence electrons. The number of methoxy groups -OCH3 is 1. The molecular weight excluding hydrogens is 208 g/mol. The summed E-state index contributed by atoms with van der Waals surface area (Å²) in [7, 11) is 1.60. The quantitative estimate of drug-likeness (QED) is 0.839. The lowest BCUT2D eigenvalue weighted by molar-refractivity contribution is 0.388. The Labute approximate surface area is 92.7 Å². The van der Waals surface area contributed by atoms with E-state index in [0.717, 1.165) is 0 Å². The molecule has 0 amide bonds. The van der Waals surface area contributed by atoms with E-state index in [0.29, 0.717) is 29.8 Å². The minimum atomic E-state index is 0.449. The Kier molecular flexibility index (Phi) is 3.00. The van der Waals surface area contributed by atoms with E-state index in [2.05, 4.69) is 20.4 Å². The van der Waals surface area contributed by atoms with Crippen LogP contribution in [0, 0.1) is 6.92 Å². The van der Waals surface area contributed by atoms with Crippen molar-refractivity contribution >= 4 is 5.82 Å². The van der Waals surface area contributed by atoms with Gasteiger partial charge in [0, 0.05) is 13.1 Å². The van der Waals surface area contributed by atoms with Gasteiger partial charge in [0.1, 0.15) is 0 Å². The summed E-state index contributed by atoms with van der Waals surface area (Å²) in [6.07, 6.45) is 1.69. The standard InChI is InChI=1S/C10H12N4O2/c1-7-13-9(14-16-7)6-12-10-8(15-2)4-3-5-11-10/h3-5H,6H2,1-2H3,(H,11,12). The van der Waals surface area contributed by atoms with Gasteiger partial charge in [-0.2, -0.15) is 4.98 Å². The Bertz CT molecular complexity index is 469. The van der Waals surface area contributed by atoms with Crippen molar-refractivity contribution in [2.45, 2.75) is 13.5 Å². The van der Waals surface area contributed by atoms with Gasteiger partial charge in [-0.15, -0.1) is 0 Å². The SMILES string of the molecule is COc1cccnc1NCc1noc(C)n1. The average molecular weight is 220 g/mol. The summed E-state index contributed by atoms with van der Waals surface area (Å²) in [5, 5.41) is 6.84. The number of anilines is 1. The van der Waals surface area contributed by atoms with E-state index in [4.69, 9.17) is 9.26 Å². The molecule has 0 aliphatic heterocycles. The molecule has 0 fully saturated rings. The molecule has 2 aromatic heterocycles. The van der Waals surface area contributed by atoms with Crippen molar-refractivity contribution in [1.82, 2.24) is 15.1 Å². The molecule has 2 aromatic rings. The molecule has 0 aromatic carbocycles. The zero-order chi connectivity index (χ0) is 11.4. The third kappa shape index (κ3) is 2.28. The first-order chi connectivity index (χ1) is 7.79. The van der Waals surface area contributed by atoms with Crippen LogP contribution in [-0.4, -0.2) is 22.2 Å². The minimum Gasteiger partial charge on any atom is -0.493 e. The second kappa shape index (κ2) is 4.61. The van der Waals surface area contributed by atoms with Crippen LogP contribution >= 0.6 is 0 Å². The van der Waals surface area contributed by atoms with E-state index in [9.17, 15) is 0 Å². The van der Waals surface area contributed by atoms with Crippen molar-refractivity contribution < 1.29 is 9.26 Å². The molecule has 0 aliphatic rings. The largest absolute Gasteiger partial charge is 0.493 e. The van der Waals surface area contributed by atoms with Gasteiger partial charge in [0.25, 0.3) is 0 Å². The van der Waals surface area contributed by atoms with Crippen LogP contribution in [0.3, 0.4) is 0 Å². The van der Waals surface area contributed by atoms with Crippen LogP contribution in [0.5, 0.6) is 5.75 Å². The first-order valence-electron chi connectivity index (χ1n) is 4.81. The fraction of sp³-hybridized carbons (Fsp3) is 0.300. The van der Waals surface area contributed by atoms with Gasteiger partial charge in [-0.1, -0.05) is 5.16 Å². The Balaban J connectivity index is 2.04. The molecule has 0 saturated carbocycles. The van der Waals surface area contributed by atoms with Crippen molar-refractivity contribution in [3.8, 4) is 5.75 Å². The number of aromatic nitrogens is 3. The summed E-state index contributed by atoms with van der Waals surface area (Å²) in [6, 6.07) is 3.64. The molecule has 6 nitrogen and oxygen atoms in total. The van der Waals surface area contributed by atoms with E-state index >= 15 is 0 Å². The van der Waals surface area contributed by atoms with Crippen molar-refractivity contribution in [2.75, 3.05) is 12.4 Å². The number of hydrogen-bond donors (Lipinski definition) is 1. The van der Waals surface area contributed by atoms with Gasteiger partial charge < -0.3 is 14.6 Å². The van der Waals surface area contributed by atoms with Gasteiger partial charge in [0.15, 0.2) is 17.4 Å². The molecule has 0 radical (unpaired) electrons. The second-order valence-electron chi connectivity index (χ2n) is 3.14. The molecule has 1 N–H and O–H groups in total. The smallest absolute Gasteiger partial charge is 0.223 e. The van der Waals surface area contributed by atoms with Crippen molar-refractivity contribution in [2.24, 2.45) is 0 Å². The summed E-state index contributed by atoms with van der Waals surface area (Å²) in [6.45, 7) is 2.20. The summed E-state index contributed by atoms with van der Waals surface area (Å²) in [4.78, 5) is 8.22. The van der Waals surface area contributed by atoms with Crippen molar-refractivity contribution in [3.63, 3.8) is 0 Å². The Hall–Kier alpha value is -2.11. The third-order valence-corrected chi connectivity index (χ3v) is 1.97. The van der Waals surface area contributed by atoms with Crippen LogP contribution in [-0.2, 0) is 6.54 Å². The maximum atomic E-state index is 5.15. The van der Waals surface area contributed by atoms with Crippen LogP contribution in [0.15, 0.2) is 22.9 Å². The fourth-order valence-electron chi connectivity index (χ4n) is 1.26. The van der Waals surface area contributed by atoms with Gasteiger partial charge in [-0.25, -0.2) is 4.98 Å². The molecule has 0 spiro atoms. The zero-order valence-corrected chi connectivity index (χ0v) is 9.10. The van der Waals surface area contributed by atoms with Crippen LogP contribution in [0.4, 0.5) is 5.82 Å². The summed E-state index contributed by atoms with van der Waals surface area (Å²) < 4.78 is 10.0. The Morgan fingerprint density at radius 3 is 3.06 bits per heavy atom. The third-order valence-electron chi connectivity index (χ3n) is 1.97. The average Bonchev–Trinajstić information content (AvgIpc) is 2.73. The van der Waals surface area contributed by atoms with E-state index in [-0.39, 0.29) is 0 Å². The first kappa shape index (κ1) is 10.4. The molecule has 2 rings (SSSR count). The van der Waals surface area contributed by atoms with Crippen molar-refractivity contribution in [3.05, 3.63) is 30.0 Å². The van der Waals surface area contributed by atoms with Gasteiger partial charge >= 0.3 is 0 Å². The second-order valence-corrected chi connectivity index (χ2v) is 3.14. The number of nitrogens with zero attached hydrogens (tertiary/aromatic N) is 3. The van der Waals surface area contributed by atoms with E-state index in [1.807, 2.05) is 12.1 Å². The molecule has 6 heteroatoms. The maximum Gasteiger partial charge on any atom is 0.223 e. The Morgan fingerprint density at radius 1 is 1.50 bits per heavy atom. The molecular formula is C10H12N4O2. The Morgan fingerprint density at radius 2 is 2.38 bits per heavy atom. The highest BCUT2D eigenvalue weighted by molar-refractivity contribution is 5.49. The van der Waals surface area contributed by atoms with Gasteiger partial charge in [-0.3, -0.25) is 0 Å². The number of aryl methyl sites for hydroxylation is 1. The highest BCUT2D eigenvalue weighted by atomic mass is 16.5. The van der Waals surface area contributed by atoms with Gasteiger partial charge in [0.05, 0.1) is 13.7 Å². The number of hydrogen-bond acceptors (Lipinski definition) is 6. The van der Waals surface area contributed by atoms with Crippen LogP contribution < -0.4 is 10.1 Å².